The molecule has 0 heterocycles. The van der Waals surface area contributed by atoms with E-state index in [4.69, 9.17) is 9.84 Å². The molecule has 0 unspecified atom stereocenters. The van der Waals surface area contributed by atoms with E-state index in [1.165, 1.54) is 4.90 Å². The van der Waals surface area contributed by atoms with Crippen molar-refractivity contribution in [1.29, 1.82) is 0 Å². The van der Waals surface area contributed by atoms with Crippen LogP contribution in [-0.4, -0.2) is 42.1 Å². The van der Waals surface area contributed by atoms with Gasteiger partial charge in [-0.15, -0.1) is 0 Å². The number of amides is 1. The quantitative estimate of drug-likeness (QED) is 0.739. The van der Waals surface area contributed by atoms with Gasteiger partial charge in [0.25, 0.3) is 5.91 Å². The summed E-state index contributed by atoms with van der Waals surface area (Å²) in [5, 5.41) is 8.51. The minimum absolute atomic E-state index is 0.0375. The van der Waals surface area contributed by atoms with Gasteiger partial charge < -0.3 is 14.7 Å². The van der Waals surface area contributed by atoms with Gasteiger partial charge in [-0.1, -0.05) is 0 Å². The van der Waals surface area contributed by atoms with Crippen LogP contribution in [0, 0.1) is 3.57 Å². The van der Waals surface area contributed by atoms with Crippen molar-refractivity contribution in [1.82, 2.24) is 4.90 Å². The van der Waals surface area contributed by atoms with E-state index in [9.17, 15) is 9.59 Å². The van der Waals surface area contributed by atoms with Crippen molar-refractivity contribution in [3.8, 4) is 5.75 Å². The molecule has 0 radical (unpaired) electrons. The Kier molecular flexibility index (Phi) is 6.61. The van der Waals surface area contributed by atoms with Gasteiger partial charge in [-0.2, -0.15) is 0 Å². The van der Waals surface area contributed by atoms with E-state index in [2.05, 4.69) is 22.6 Å². The lowest BCUT2D eigenvalue weighted by molar-refractivity contribution is -0.138. The van der Waals surface area contributed by atoms with Gasteiger partial charge in [0.1, 0.15) is 5.75 Å². The monoisotopic (exact) mass is 377 g/mol. The van der Waals surface area contributed by atoms with Crippen molar-refractivity contribution in [2.45, 2.75) is 12.8 Å². The van der Waals surface area contributed by atoms with E-state index in [1.807, 2.05) is 12.1 Å². The minimum Gasteiger partial charge on any atom is -0.484 e. The number of benzene rings is 1. The Morgan fingerprint density at radius 1 is 1.32 bits per heavy atom. The Balaban J connectivity index is 2.30. The molecule has 0 aliphatic rings. The first-order valence-electron chi connectivity index (χ1n) is 5.83. The second kappa shape index (κ2) is 7.98. The lowest BCUT2D eigenvalue weighted by atomic mass is 10.3. The molecular weight excluding hydrogens is 361 g/mol. The SMILES string of the molecule is CN(CCCC(=O)O)C(=O)COc1ccc(I)cc1. The van der Waals surface area contributed by atoms with Gasteiger partial charge in [-0.3, -0.25) is 9.59 Å². The van der Waals surface area contributed by atoms with Crippen LogP contribution in [0.15, 0.2) is 24.3 Å². The smallest absolute Gasteiger partial charge is 0.303 e. The summed E-state index contributed by atoms with van der Waals surface area (Å²) >= 11 is 2.19. The molecule has 6 heteroatoms. The van der Waals surface area contributed by atoms with Gasteiger partial charge in [-0.25, -0.2) is 0 Å². The van der Waals surface area contributed by atoms with E-state index < -0.39 is 5.97 Å². The highest BCUT2D eigenvalue weighted by molar-refractivity contribution is 14.1. The summed E-state index contributed by atoms with van der Waals surface area (Å²) in [6.07, 6.45) is 0.511. The fraction of sp³-hybridized carbons (Fsp3) is 0.385. The van der Waals surface area contributed by atoms with E-state index >= 15 is 0 Å². The molecule has 0 saturated carbocycles. The molecule has 5 nitrogen and oxygen atoms in total. The maximum absolute atomic E-state index is 11.7. The molecule has 0 aliphatic heterocycles. The fourth-order valence-corrected chi connectivity index (χ4v) is 1.74. The number of aliphatic carboxylic acids is 1. The molecule has 0 bridgehead atoms. The number of hydrogen-bond acceptors (Lipinski definition) is 3. The van der Waals surface area contributed by atoms with Crippen molar-refractivity contribution < 1.29 is 19.4 Å². The molecule has 19 heavy (non-hydrogen) atoms. The first-order valence-corrected chi connectivity index (χ1v) is 6.91. The summed E-state index contributed by atoms with van der Waals surface area (Å²) in [5.41, 5.74) is 0. The third-order valence-corrected chi connectivity index (χ3v) is 3.21. The van der Waals surface area contributed by atoms with Crippen molar-refractivity contribution in [2.75, 3.05) is 20.2 Å². The molecule has 1 rings (SSSR count). The van der Waals surface area contributed by atoms with E-state index in [0.29, 0.717) is 18.7 Å². The second-order valence-corrected chi connectivity index (χ2v) is 5.30. The Hall–Kier alpha value is -1.31. The average molecular weight is 377 g/mol. The lowest BCUT2D eigenvalue weighted by Crippen LogP contribution is -2.32. The Labute approximate surface area is 125 Å². The summed E-state index contributed by atoms with van der Waals surface area (Å²) in [6, 6.07) is 7.41. The molecule has 0 atom stereocenters. The number of carbonyl (C=O) groups is 2. The molecule has 0 saturated heterocycles. The number of halogens is 1. The number of nitrogens with zero attached hydrogens (tertiary/aromatic N) is 1. The number of ether oxygens (including phenoxy) is 1. The summed E-state index contributed by atoms with van der Waals surface area (Å²) in [4.78, 5) is 23.6. The van der Waals surface area contributed by atoms with E-state index in [0.717, 1.165) is 3.57 Å². The van der Waals surface area contributed by atoms with Crippen molar-refractivity contribution in [3.63, 3.8) is 0 Å². The standard InChI is InChI=1S/C13H16INO4/c1-15(8-2-3-13(17)18)12(16)9-19-11-6-4-10(14)5-7-11/h4-7H,2-3,8-9H2,1H3,(H,17,18). The molecule has 1 aromatic carbocycles. The first-order chi connectivity index (χ1) is 8.99. The Morgan fingerprint density at radius 2 is 1.95 bits per heavy atom. The summed E-state index contributed by atoms with van der Waals surface area (Å²) in [6.45, 7) is 0.380. The Morgan fingerprint density at radius 3 is 2.53 bits per heavy atom. The largest absolute Gasteiger partial charge is 0.484 e. The molecule has 1 aromatic rings. The van der Waals surface area contributed by atoms with Gasteiger partial charge in [0.2, 0.25) is 0 Å². The normalized spacial score (nSPS) is 10.0. The van der Waals surface area contributed by atoms with Gasteiger partial charge >= 0.3 is 5.97 Å². The molecule has 104 valence electrons. The number of carbonyl (C=O) groups excluding carboxylic acids is 1. The summed E-state index contributed by atoms with van der Waals surface area (Å²) in [7, 11) is 1.64. The number of carboxylic acids is 1. The Bertz CT molecular complexity index is 433. The van der Waals surface area contributed by atoms with Crippen LogP contribution in [0.25, 0.3) is 0 Å². The van der Waals surface area contributed by atoms with Crippen LogP contribution in [0.5, 0.6) is 5.75 Å². The zero-order valence-electron chi connectivity index (χ0n) is 10.6. The van der Waals surface area contributed by atoms with Crippen LogP contribution in [0.2, 0.25) is 0 Å². The fourth-order valence-electron chi connectivity index (χ4n) is 1.38. The van der Waals surface area contributed by atoms with Crippen LogP contribution < -0.4 is 4.74 Å². The molecule has 0 fully saturated rings. The number of rotatable bonds is 7. The predicted molar refractivity (Wildman–Crippen MR) is 79.2 cm³/mol. The van der Waals surface area contributed by atoms with Crippen molar-refractivity contribution >= 4 is 34.5 Å². The highest BCUT2D eigenvalue weighted by Gasteiger charge is 2.10. The topological polar surface area (TPSA) is 66.8 Å². The maximum Gasteiger partial charge on any atom is 0.303 e. The molecule has 0 aromatic heterocycles. The zero-order valence-corrected chi connectivity index (χ0v) is 12.8. The van der Waals surface area contributed by atoms with E-state index in [-0.39, 0.29) is 18.9 Å². The van der Waals surface area contributed by atoms with Crippen LogP contribution >= 0.6 is 22.6 Å². The van der Waals surface area contributed by atoms with Gasteiger partial charge in [-0.05, 0) is 53.3 Å². The third kappa shape index (κ3) is 6.42. The lowest BCUT2D eigenvalue weighted by Gasteiger charge is -2.16. The van der Waals surface area contributed by atoms with Crippen LogP contribution in [-0.2, 0) is 9.59 Å². The summed E-state index contributed by atoms with van der Waals surface area (Å²) < 4.78 is 6.46. The zero-order chi connectivity index (χ0) is 14.3. The molecule has 1 amide bonds. The van der Waals surface area contributed by atoms with Crippen molar-refractivity contribution in [2.24, 2.45) is 0 Å². The molecule has 0 spiro atoms. The molecular formula is C13H16INO4. The second-order valence-electron chi connectivity index (χ2n) is 4.06. The molecule has 0 aliphatic carbocycles. The number of carboxylic acid groups (broad SMARTS) is 1. The van der Waals surface area contributed by atoms with Crippen LogP contribution in [0.1, 0.15) is 12.8 Å². The highest BCUT2D eigenvalue weighted by atomic mass is 127. The summed E-state index contributed by atoms with van der Waals surface area (Å²) in [5.74, 6) is -0.368. The average Bonchev–Trinajstić information content (AvgIpc) is 2.37. The maximum atomic E-state index is 11.7. The van der Waals surface area contributed by atoms with Crippen LogP contribution in [0.3, 0.4) is 0 Å². The van der Waals surface area contributed by atoms with Gasteiger partial charge in [0.05, 0.1) is 0 Å². The van der Waals surface area contributed by atoms with Crippen LogP contribution in [0.4, 0.5) is 0 Å². The third-order valence-electron chi connectivity index (χ3n) is 2.49. The number of likely N-dealkylation sites (N-methyl/N-ethyl adjacent to an activating group) is 1. The minimum atomic E-state index is -0.851. The highest BCUT2D eigenvalue weighted by Crippen LogP contribution is 2.13. The molecule has 1 N–H and O–H groups in total. The predicted octanol–water partition coefficient (Wildman–Crippen LogP) is 1.99. The van der Waals surface area contributed by atoms with E-state index in [1.54, 1.807) is 19.2 Å². The van der Waals surface area contributed by atoms with Crippen molar-refractivity contribution in [3.05, 3.63) is 27.8 Å². The number of hydrogen-bond donors (Lipinski definition) is 1. The first kappa shape index (κ1) is 15.7. The van der Waals surface area contributed by atoms with Gasteiger partial charge in [0.15, 0.2) is 6.61 Å². The van der Waals surface area contributed by atoms with Gasteiger partial charge in [0, 0.05) is 23.6 Å².